The summed E-state index contributed by atoms with van der Waals surface area (Å²) < 4.78 is 24.1. The number of nitrogens with zero attached hydrogens (tertiary/aromatic N) is 2. The summed E-state index contributed by atoms with van der Waals surface area (Å²) in [5, 5.41) is 0. The lowest BCUT2D eigenvalue weighted by molar-refractivity contribution is -0.148. The molecule has 0 saturated carbocycles. The Hall–Kier alpha value is -2.15. The lowest BCUT2D eigenvalue weighted by atomic mass is 9.94. The standard InChI is InChI=1S/C18H23FN2O4/c1-24-12-17(22)20-8-4-5-13(9-20)18(23)21-10-14(11-21)25-16-7-3-2-6-15(16)19/h2-3,6-7,13-14H,4-5,8-12H2,1H3/t13-/m0/s1. The Kier molecular flexibility index (Phi) is 5.53. The van der Waals surface area contributed by atoms with Crippen LogP contribution in [0.1, 0.15) is 12.8 Å². The average Bonchev–Trinajstić information content (AvgIpc) is 2.59. The molecule has 7 heteroatoms. The Morgan fingerprint density at radius 3 is 2.68 bits per heavy atom. The first-order valence-electron chi connectivity index (χ1n) is 8.55. The van der Waals surface area contributed by atoms with Crippen LogP contribution in [0.2, 0.25) is 0 Å². The first kappa shape index (κ1) is 17.7. The Morgan fingerprint density at radius 2 is 1.96 bits per heavy atom. The van der Waals surface area contributed by atoms with Crippen molar-refractivity contribution >= 4 is 11.8 Å². The van der Waals surface area contributed by atoms with Gasteiger partial charge in [-0.3, -0.25) is 9.59 Å². The van der Waals surface area contributed by atoms with E-state index in [2.05, 4.69) is 0 Å². The molecular formula is C18H23FN2O4. The van der Waals surface area contributed by atoms with Crippen molar-refractivity contribution in [1.82, 2.24) is 9.80 Å². The highest BCUT2D eigenvalue weighted by molar-refractivity contribution is 5.82. The maximum absolute atomic E-state index is 13.6. The van der Waals surface area contributed by atoms with E-state index in [0.717, 1.165) is 12.8 Å². The number of carbonyl (C=O) groups excluding carboxylic acids is 2. The quantitative estimate of drug-likeness (QED) is 0.803. The zero-order valence-corrected chi connectivity index (χ0v) is 14.3. The van der Waals surface area contributed by atoms with Gasteiger partial charge in [0.15, 0.2) is 11.6 Å². The molecule has 2 aliphatic heterocycles. The number of hydrogen-bond donors (Lipinski definition) is 0. The van der Waals surface area contributed by atoms with Crippen LogP contribution in [0.4, 0.5) is 4.39 Å². The molecule has 1 atom stereocenters. The first-order chi connectivity index (χ1) is 12.1. The summed E-state index contributed by atoms with van der Waals surface area (Å²) in [7, 11) is 1.49. The third-order valence-electron chi connectivity index (χ3n) is 4.68. The zero-order valence-electron chi connectivity index (χ0n) is 14.3. The van der Waals surface area contributed by atoms with Crippen LogP contribution in [0.25, 0.3) is 0 Å². The fourth-order valence-electron chi connectivity index (χ4n) is 3.29. The number of halogens is 1. The van der Waals surface area contributed by atoms with Gasteiger partial charge in [0, 0.05) is 20.2 Å². The molecule has 1 aromatic carbocycles. The highest BCUT2D eigenvalue weighted by atomic mass is 19.1. The Bertz CT molecular complexity index is 633. The zero-order chi connectivity index (χ0) is 17.8. The van der Waals surface area contributed by atoms with Gasteiger partial charge in [0.25, 0.3) is 0 Å². The van der Waals surface area contributed by atoms with Gasteiger partial charge in [0.2, 0.25) is 11.8 Å². The van der Waals surface area contributed by atoms with Crippen LogP contribution in [-0.2, 0) is 14.3 Å². The maximum atomic E-state index is 13.6. The van der Waals surface area contributed by atoms with E-state index < -0.39 is 5.82 Å². The summed E-state index contributed by atoms with van der Waals surface area (Å²) in [5.41, 5.74) is 0. The number of piperidine rings is 1. The lowest BCUT2D eigenvalue weighted by Crippen LogP contribution is -2.59. The van der Waals surface area contributed by atoms with Gasteiger partial charge in [-0.05, 0) is 25.0 Å². The summed E-state index contributed by atoms with van der Waals surface area (Å²) in [6.07, 6.45) is 1.41. The summed E-state index contributed by atoms with van der Waals surface area (Å²) >= 11 is 0. The molecule has 0 N–H and O–H groups in total. The second-order valence-electron chi connectivity index (χ2n) is 6.53. The third-order valence-corrected chi connectivity index (χ3v) is 4.68. The number of hydrogen-bond acceptors (Lipinski definition) is 4. The van der Waals surface area contributed by atoms with Crippen LogP contribution >= 0.6 is 0 Å². The number of benzene rings is 1. The molecule has 0 radical (unpaired) electrons. The van der Waals surface area contributed by atoms with Crippen molar-refractivity contribution in [1.29, 1.82) is 0 Å². The summed E-state index contributed by atoms with van der Waals surface area (Å²) in [4.78, 5) is 27.9. The van der Waals surface area contributed by atoms with Crippen LogP contribution in [0, 0.1) is 11.7 Å². The molecule has 0 bridgehead atoms. The van der Waals surface area contributed by atoms with E-state index in [0.29, 0.717) is 26.2 Å². The smallest absolute Gasteiger partial charge is 0.248 e. The SMILES string of the molecule is COCC(=O)N1CCC[C@H](C(=O)N2CC(Oc3ccccc3F)C2)C1. The molecule has 25 heavy (non-hydrogen) atoms. The third kappa shape index (κ3) is 4.10. The van der Waals surface area contributed by atoms with Gasteiger partial charge in [-0.25, -0.2) is 4.39 Å². The highest BCUT2D eigenvalue weighted by Gasteiger charge is 2.38. The molecule has 0 aliphatic carbocycles. The molecule has 1 aromatic rings. The van der Waals surface area contributed by atoms with Gasteiger partial charge in [-0.2, -0.15) is 0 Å². The number of carbonyl (C=O) groups is 2. The lowest BCUT2D eigenvalue weighted by Gasteiger charge is -2.42. The van der Waals surface area contributed by atoms with Crippen molar-refractivity contribution in [2.75, 3.05) is 39.9 Å². The van der Waals surface area contributed by atoms with E-state index in [1.807, 2.05) is 0 Å². The van der Waals surface area contributed by atoms with E-state index in [1.165, 1.54) is 13.2 Å². The molecule has 0 unspecified atom stereocenters. The molecular weight excluding hydrogens is 327 g/mol. The van der Waals surface area contributed by atoms with E-state index >= 15 is 0 Å². The minimum Gasteiger partial charge on any atom is -0.484 e. The number of methoxy groups -OCH3 is 1. The average molecular weight is 350 g/mol. The van der Waals surface area contributed by atoms with Crippen molar-refractivity contribution in [3.05, 3.63) is 30.1 Å². The van der Waals surface area contributed by atoms with Crippen molar-refractivity contribution in [2.24, 2.45) is 5.92 Å². The van der Waals surface area contributed by atoms with Crippen molar-refractivity contribution < 1.29 is 23.5 Å². The Morgan fingerprint density at radius 1 is 1.20 bits per heavy atom. The molecule has 0 aromatic heterocycles. The van der Waals surface area contributed by atoms with E-state index in [-0.39, 0.29) is 36.2 Å². The molecule has 3 rings (SSSR count). The van der Waals surface area contributed by atoms with Crippen molar-refractivity contribution in [3.8, 4) is 5.75 Å². The summed E-state index contributed by atoms with van der Waals surface area (Å²) in [5.74, 6) is -0.392. The highest BCUT2D eigenvalue weighted by Crippen LogP contribution is 2.25. The van der Waals surface area contributed by atoms with Crippen LogP contribution in [0.15, 0.2) is 24.3 Å². The number of ether oxygens (including phenoxy) is 2. The number of amides is 2. The maximum Gasteiger partial charge on any atom is 0.248 e. The van der Waals surface area contributed by atoms with Crippen LogP contribution in [0.5, 0.6) is 5.75 Å². The number of rotatable bonds is 5. The monoisotopic (exact) mass is 350 g/mol. The fourth-order valence-corrected chi connectivity index (χ4v) is 3.29. The van der Waals surface area contributed by atoms with E-state index in [1.54, 1.807) is 28.0 Å². The molecule has 2 fully saturated rings. The van der Waals surface area contributed by atoms with Crippen LogP contribution in [0.3, 0.4) is 0 Å². The normalized spacial score (nSPS) is 21.0. The molecule has 6 nitrogen and oxygen atoms in total. The summed E-state index contributed by atoms with van der Waals surface area (Å²) in [6, 6.07) is 6.26. The van der Waals surface area contributed by atoms with Crippen LogP contribution in [-0.4, -0.2) is 67.6 Å². The van der Waals surface area contributed by atoms with Gasteiger partial charge in [-0.15, -0.1) is 0 Å². The largest absolute Gasteiger partial charge is 0.484 e. The topological polar surface area (TPSA) is 59.1 Å². The fraction of sp³-hybridized carbons (Fsp3) is 0.556. The molecule has 2 amide bonds. The van der Waals surface area contributed by atoms with Gasteiger partial charge in [-0.1, -0.05) is 12.1 Å². The minimum absolute atomic E-state index is 0.0447. The first-order valence-corrected chi connectivity index (χ1v) is 8.55. The van der Waals surface area contributed by atoms with Gasteiger partial charge in [0.1, 0.15) is 12.7 Å². The van der Waals surface area contributed by atoms with Gasteiger partial charge in [0.05, 0.1) is 19.0 Å². The number of likely N-dealkylation sites (tertiary alicyclic amines) is 2. The van der Waals surface area contributed by atoms with E-state index in [4.69, 9.17) is 9.47 Å². The Labute approximate surface area is 146 Å². The number of para-hydroxylation sites is 1. The molecule has 2 heterocycles. The molecule has 2 aliphatic rings. The summed E-state index contributed by atoms with van der Waals surface area (Å²) in [6.45, 7) is 2.07. The molecule has 0 spiro atoms. The Balaban J connectivity index is 1.48. The second-order valence-corrected chi connectivity index (χ2v) is 6.53. The predicted molar refractivity (Wildman–Crippen MR) is 88.6 cm³/mol. The minimum atomic E-state index is -0.396. The molecule has 136 valence electrons. The van der Waals surface area contributed by atoms with Crippen LogP contribution < -0.4 is 4.74 Å². The molecule has 2 saturated heterocycles. The van der Waals surface area contributed by atoms with Crippen molar-refractivity contribution in [3.63, 3.8) is 0 Å². The predicted octanol–water partition coefficient (Wildman–Crippen LogP) is 1.30. The second kappa shape index (κ2) is 7.82. The van der Waals surface area contributed by atoms with E-state index in [9.17, 15) is 14.0 Å². The van der Waals surface area contributed by atoms with Gasteiger partial charge < -0.3 is 19.3 Å². The van der Waals surface area contributed by atoms with Gasteiger partial charge >= 0.3 is 0 Å². The van der Waals surface area contributed by atoms with Crippen molar-refractivity contribution in [2.45, 2.75) is 18.9 Å².